The van der Waals surface area contributed by atoms with E-state index in [1.807, 2.05) is 17.1 Å². The van der Waals surface area contributed by atoms with E-state index in [-0.39, 0.29) is 11.9 Å². The first-order valence-electron chi connectivity index (χ1n) is 6.30. The summed E-state index contributed by atoms with van der Waals surface area (Å²) in [6, 6.07) is -0.243. The van der Waals surface area contributed by atoms with E-state index < -0.39 is 5.54 Å². The van der Waals surface area contributed by atoms with Crippen LogP contribution in [0.2, 0.25) is 0 Å². The van der Waals surface area contributed by atoms with Crippen LogP contribution in [0.25, 0.3) is 0 Å². The first kappa shape index (κ1) is 12.9. The van der Waals surface area contributed by atoms with Gasteiger partial charge in [-0.3, -0.25) is 9.69 Å². The molecule has 0 atom stereocenters. The Morgan fingerprint density at radius 3 is 2.84 bits per heavy atom. The van der Waals surface area contributed by atoms with Crippen LogP contribution < -0.4 is 5.32 Å². The molecular weight excluding hydrogens is 282 g/mol. The summed E-state index contributed by atoms with van der Waals surface area (Å²) >= 11 is 3.37. The average molecular weight is 297 g/mol. The van der Waals surface area contributed by atoms with Crippen molar-refractivity contribution in [1.29, 1.82) is 0 Å². The summed E-state index contributed by atoms with van der Waals surface area (Å²) in [6.45, 7) is 0.420. The minimum Gasteiger partial charge on any atom is -0.323 e. The van der Waals surface area contributed by atoms with Crippen molar-refractivity contribution in [2.75, 3.05) is 18.1 Å². The molecule has 0 radical (unpaired) electrons. The molecule has 102 valence electrons. The lowest BCUT2D eigenvalue weighted by molar-refractivity contribution is -0.131. The molecule has 1 N–H and O–H groups in total. The smallest absolute Gasteiger partial charge is 0.323 e. The van der Waals surface area contributed by atoms with E-state index in [9.17, 15) is 9.59 Å². The standard InChI is InChI=1S/C12H15N3O2S2/c16-10-12(2-5-18-6-3-12)14-11(17)15(10)4-1-9-7-19-8-13-9/h7-8H,1-6H2,(H,14,17). The molecule has 3 heterocycles. The quantitative estimate of drug-likeness (QED) is 0.859. The summed E-state index contributed by atoms with van der Waals surface area (Å²) in [4.78, 5) is 30.0. The number of rotatable bonds is 3. The molecule has 3 rings (SSSR count). The lowest BCUT2D eigenvalue weighted by Gasteiger charge is -2.30. The van der Waals surface area contributed by atoms with E-state index in [4.69, 9.17) is 0 Å². The third-order valence-corrected chi connectivity index (χ3v) is 5.29. The zero-order chi connectivity index (χ0) is 13.3. The second-order valence-corrected chi connectivity index (χ2v) is 6.75. The van der Waals surface area contributed by atoms with Crippen molar-refractivity contribution < 1.29 is 9.59 Å². The van der Waals surface area contributed by atoms with Gasteiger partial charge in [-0.1, -0.05) is 0 Å². The van der Waals surface area contributed by atoms with Gasteiger partial charge in [0.05, 0.1) is 11.2 Å². The molecule has 19 heavy (non-hydrogen) atoms. The summed E-state index contributed by atoms with van der Waals surface area (Å²) in [5.41, 5.74) is 2.08. The molecule has 0 aliphatic carbocycles. The number of carbonyl (C=O) groups excluding carboxylic acids is 2. The Balaban J connectivity index is 1.68. The number of hydrogen-bond acceptors (Lipinski definition) is 5. The van der Waals surface area contributed by atoms with Crippen molar-refractivity contribution in [3.63, 3.8) is 0 Å². The topological polar surface area (TPSA) is 62.3 Å². The number of aromatic nitrogens is 1. The van der Waals surface area contributed by atoms with Crippen molar-refractivity contribution in [2.45, 2.75) is 24.8 Å². The van der Waals surface area contributed by atoms with Gasteiger partial charge in [-0.05, 0) is 24.3 Å². The van der Waals surface area contributed by atoms with Crippen molar-refractivity contribution in [3.8, 4) is 0 Å². The molecule has 2 fully saturated rings. The number of amides is 3. The lowest BCUT2D eigenvalue weighted by Crippen LogP contribution is -2.49. The average Bonchev–Trinajstić information content (AvgIpc) is 2.99. The number of nitrogens with zero attached hydrogens (tertiary/aromatic N) is 2. The van der Waals surface area contributed by atoms with E-state index in [1.165, 1.54) is 16.2 Å². The van der Waals surface area contributed by atoms with Crippen molar-refractivity contribution in [1.82, 2.24) is 15.2 Å². The number of imide groups is 1. The van der Waals surface area contributed by atoms with Crippen LogP contribution in [0.4, 0.5) is 4.79 Å². The number of nitrogens with one attached hydrogen (secondary N) is 1. The van der Waals surface area contributed by atoms with Gasteiger partial charge in [0.1, 0.15) is 5.54 Å². The SMILES string of the molecule is O=C1NC2(CCSCC2)C(=O)N1CCc1cscn1. The van der Waals surface area contributed by atoms with Crippen LogP contribution in [-0.4, -0.2) is 45.4 Å². The molecule has 0 bridgehead atoms. The second-order valence-electron chi connectivity index (χ2n) is 4.81. The van der Waals surface area contributed by atoms with Crippen LogP contribution in [0, 0.1) is 0 Å². The third-order valence-electron chi connectivity index (χ3n) is 3.67. The zero-order valence-corrected chi connectivity index (χ0v) is 12.1. The molecule has 2 aliphatic rings. The number of hydrogen-bond donors (Lipinski definition) is 1. The number of carbonyl (C=O) groups is 2. The molecule has 0 aromatic carbocycles. The van der Waals surface area contributed by atoms with Gasteiger partial charge in [0.25, 0.3) is 5.91 Å². The Morgan fingerprint density at radius 2 is 2.16 bits per heavy atom. The van der Waals surface area contributed by atoms with Crippen LogP contribution in [-0.2, 0) is 11.2 Å². The monoisotopic (exact) mass is 297 g/mol. The maximum absolute atomic E-state index is 12.5. The molecule has 3 amide bonds. The van der Waals surface area contributed by atoms with Gasteiger partial charge >= 0.3 is 6.03 Å². The van der Waals surface area contributed by atoms with E-state index in [2.05, 4.69) is 10.3 Å². The summed E-state index contributed by atoms with van der Waals surface area (Å²) in [5, 5.41) is 4.86. The van der Waals surface area contributed by atoms with E-state index >= 15 is 0 Å². The highest BCUT2D eigenvalue weighted by atomic mass is 32.2. The molecule has 0 unspecified atom stereocenters. The fourth-order valence-electron chi connectivity index (χ4n) is 2.53. The van der Waals surface area contributed by atoms with E-state index in [0.717, 1.165) is 30.0 Å². The third kappa shape index (κ3) is 2.36. The lowest BCUT2D eigenvalue weighted by atomic mass is 9.92. The van der Waals surface area contributed by atoms with Crippen molar-refractivity contribution >= 4 is 35.0 Å². The Kier molecular flexibility index (Phi) is 3.49. The minimum absolute atomic E-state index is 0.0481. The van der Waals surface area contributed by atoms with Crippen molar-refractivity contribution in [3.05, 3.63) is 16.6 Å². The second kappa shape index (κ2) is 5.13. The molecule has 1 aromatic rings. The van der Waals surface area contributed by atoms with Gasteiger partial charge in [-0.25, -0.2) is 9.78 Å². The first-order chi connectivity index (χ1) is 9.21. The largest absolute Gasteiger partial charge is 0.325 e. The van der Waals surface area contributed by atoms with Crippen LogP contribution in [0.3, 0.4) is 0 Å². The fourth-order valence-corrected chi connectivity index (χ4v) is 4.31. The number of thioether (sulfide) groups is 1. The minimum atomic E-state index is -0.621. The van der Waals surface area contributed by atoms with E-state index in [0.29, 0.717) is 13.0 Å². The van der Waals surface area contributed by atoms with Gasteiger partial charge in [-0.2, -0.15) is 11.8 Å². The zero-order valence-electron chi connectivity index (χ0n) is 10.4. The molecule has 1 aromatic heterocycles. The van der Waals surface area contributed by atoms with Gasteiger partial charge in [0.15, 0.2) is 0 Å². The molecule has 1 spiro atoms. The predicted molar refractivity (Wildman–Crippen MR) is 75.4 cm³/mol. The maximum Gasteiger partial charge on any atom is 0.325 e. The summed E-state index contributed by atoms with van der Waals surface area (Å²) < 4.78 is 0. The van der Waals surface area contributed by atoms with Gasteiger partial charge < -0.3 is 5.32 Å². The summed E-state index contributed by atoms with van der Waals surface area (Å²) in [6.07, 6.45) is 2.12. The Morgan fingerprint density at radius 1 is 1.37 bits per heavy atom. The molecule has 2 saturated heterocycles. The Labute approximate surface area is 119 Å². The molecule has 7 heteroatoms. The Bertz CT molecular complexity index is 483. The highest BCUT2D eigenvalue weighted by Crippen LogP contribution is 2.32. The predicted octanol–water partition coefficient (Wildman–Crippen LogP) is 1.50. The van der Waals surface area contributed by atoms with Crippen molar-refractivity contribution in [2.24, 2.45) is 0 Å². The molecule has 5 nitrogen and oxygen atoms in total. The Hall–Kier alpha value is -1.08. The molecule has 0 saturated carbocycles. The highest BCUT2D eigenvalue weighted by molar-refractivity contribution is 7.99. The van der Waals surface area contributed by atoms with Crippen LogP contribution in [0.15, 0.2) is 10.9 Å². The molecule has 2 aliphatic heterocycles. The maximum atomic E-state index is 12.5. The van der Waals surface area contributed by atoms with Crippen LogP contribution in [0.5, 0.6) is 0 Å². The summed E-state index contributed by atoms with van der Waals surface area (Å²) in [5.74, 6) is 1.82. The normalized spacial score (nSPS) is 22.0. The summed E-state index contributed by atoms with van der Waals surface area (Å²) in [7, 11) is 0. The van der Waals surface area contributed by atoms with Gasteiger partial charge in [-0.15, -0.1) is 11.3 Å². The van der Waals surface area contributed by atoms with Crippen LogP contribution >= 0.6 is 23.1 Å². The first-order valence-corrected chi connectivity index (χ1v) is 8.40. The fraction of sp³-hybridized carbons (Fsp3) is 0.583. The van der Waals surface area contributed by atoms with Gasteiger partial charge in [0, 0.05) is 18.3 Å². The van der Waals surface area contributed by atoms with Gasteiger partial charge in [0.2, 0.25) is 0 Å². The number of urea groups is 1. The van der Waals surface area contributed by atoms with E-state index in [1.54, 1.807) is 5.51 Å². The molecular formula is C12H15N3O2S2. The van der Waals surface area contributed by atoms with Crippen LogP contribution in [0.1, 0.15) is 18.5 Å². The number of thiazole rings is 1. The highest BCUT2D eigenvalue weighted by Gasteiger charge is 2.51.